The Morgan fingerprint density at radius 3 is 2.56 bits per heavy atom. The molecule has 0 amide bonds. The average Bonchev–Trinajstić information content (AvgIpc) is 3.11. The van der Waals surface area contributed by atoms with Crippen LogP contribution in [0.3, 0.4) is 0 Å². The van der Waals surface area contributed by atoms with Gasteiger partial charge in [-0.25, -0.2) is 4.39 Å². The van der Waals surface area contributed by atoms with Crippen LogP contribution in [0, 0.1) is 5.82 Å². The number of fused-ring (bicyclic) bond motifs is 1. The largest absolute Gasteiger partial charge is 0.387 e. The number of benzene rings is 2. The minimum Gasteiger partial charge on any atom is -0.387 e. The van der Waals surface area contributed by atoms with Crippen LogP contribution in [0.25, 0.3) is 0 Å². The van der Waals surface area contributed by atoms with Gasteiger partial charge < -0.3 is 15.3 Å². The molecule has 4 rings (SSSR count). The summed E-state index contributed by atoms with van der Waals surface area (Å²) in [6.45, 7) is 5.24. The van der Waals surface area contributed by atoms with Crippen LogP contribution < -0.4 is 10.2 Å². The quantitative estimate of drug-likeness (QED) is 0.897. The fourth-order valence-electron chi connectivity index (χ4n) is 3.72. The first kappa shape index (κ1) is 16.4. The van der Waals surface area contributed by atoms with E-state index >= 15 is 0 Å². The fourth-order valence-corrected chi connectivity index (χ4v) is 3.72. The number of piperazine rings is 1. The highest BCUT2D eigenvalue weighted by molar-refractivity contribution is 5.56. The normalized spacial score (nSPS) is 18.7. The molecule has 2 heterocycles. The number of anilines is 2. The van der Waals surface area contributed by atoms with E-state index in [1.165, 1.54) is 23.4 Å². The lowest BCUT2D eigenvalue weighted by Crippen LogP contribution is -2.47. The van der Waals surface area contributed by atoms with Crippen molar-refractivity contribution in [3.63, 3.8) is 0 Å². The van der Waals surface area contributed by atoms with Crippen molar-refractivity contribution in [2.24, 2.45) is 0 Å². The lowest BCUT2D eigenvalue weighted by molar-refractivity contribution is 0.109. The third-order valence-corrected chi connectivity index (χ3v) is 5.22. The zero-order valence-corrected chi connectivity index (χ0v) is 14.3. The van der Waals surface area contributed by atoms with Crippen molar-refractivity contribution in [1.29, 1.82) is 0 Å². The zero-order valence-electron chi connectivity index (χ0n) is 14.3. The number of rotatable bonds is 4. The summed E-state index contributed by atoms with van der Waals surface area (Å²) in [5.74, 6) is -0.199. The van der Waals surface area contributed by atoms with Gasteiger partial charge in [-0.2, -0.15) is 0 Å². The number of aliphatic hydroxyl groups is 1. The van der Waals surface area contributed by atoms with Gasteiger partial charge in [0.05, 0.1) is 6.10 Å². The Balaban J connectivity index is 1.33. The van der Waals surface area contributed by atoms with Crippen molar-refractivity contribution in [2.45, 2.75) is 12.5 Å². The molecule has 2 aliphatic heterocycles. The standard InChI is InChI=1S/C20H24FN3O/c21-17-2-4-18(5-3-17)24-11-9-23(10-12-24)14-20(25)16-1-6-19-15(13-16)7-8-22-19/h1-6,13,20,22,25H,7-12,14H2. The van der Waals surface area contributed by atoms with E-state index in [-0.39, 0.29) is 5.82 Å². The van der Waals surface area contributed by atoms with Crippen LogP contribution in [0.5, 0.6) is 0 Å². The van der Waals surface area contributed by atoms with Crippen LogP contribution in [-0.4, -0.2) is 49.3 Å². The summed E-state index contributed by atoms with van der Waals surface area (Å²) >= 11 is 0. The Hall–Kier alpha value is -2.11. The van der Waals surface area contributed by atoms with Crippen LogP contribution in [0.2, 0.25) is 0 Å². The van der Waals surface area contributed by atoms with Gasteiger partial charge >= 0.3 is 0 Å². The average molecular weight is 341 g/mol. The van der Waals surface area contributed by atoms with E-state index in [0.29, 0.717) is 6.54 Å². The molecule has 2 aromatic rings. The maximum atomic E-state index is 13.0. The molecule has 25 heavy (non-hydrogen) atoms. The summed E-state index contributed by atoms with van der Waals surface area (Å²) in [5.41, 5.74) is 4.57. The SMILES string of the molecule is OC(CN1CCN(c2ccc(F)cc2)CC1)c1ccc2c(c1)CCN2. The molecular formula is C20H24FN3O. The molecule has 5 heteroatoms. The molecule has 0 bridgehead atoms. The maximum absolute atomic E-state index is 13.0. The van der Waals surface area contributed by atoms with E-state index in [9.17, 15) is 9.50 Å². The summed E-state index contributed by atoms with van der Waals surface area (Å²) in [5, 5.41) is 14.0. The molecule has 4 nitrogen and oxygen atoms in total. The number of aliphatic hydroxyl groups excluding tert-OH is 1. The first-order valence-electron chi connectivity index (χ1n) is 8.97. The van der Waals surface area contributed by atoms with Crippen LogP contribution in [-0.2, 0) is 6.42 Å². The summed E-state index contributed by atoms with van der Waals surface area (Å²) < 4.78 is 13.0. The number of β-amino-alcohol motifs (C(OH)–C–C–N with tert-alkyl or cyclic N) is 1. The van der Waals surface area contributed by atoms with Gasteiger partial charge in [0.15, 0.2) is 0 Å². The summed E-state index contributed by atoms with van der Waals surface area (Å²) in [6.07, 6.45) is 0.579. The van der Waals surface area contributed by atoms with Gasteiger partial charge in [-0.05, 0) is 47.9 Å². The molecule has 1 atom stereocenters. The zero-order chi connectivity index (χ0) is 17.2. The molecule has 132 valence electrons. The Labute approximate surface area is 147 Å². The number of halogens is 1. The van der Waals surface area contributed by atoms with Crippen LogP contribution in [0.1, 0.15) is 17.2 Å². The summed E-state index contributed by atoms with van der Waals surface area (Å²) in [4.78, 5) is 4.57. The van der Waals surface area contributed by atoms with Crippen molar-refractivity contribution < 1.29 is 9.50 Å². The highest BCUT2D eigenvalue weighted by Crippen LogP contribution is 2.26. The molecule has 0 saturated carbocycles. The minimum atomic E-state index is -0.455. The lowest BCUT2D eigenvalue weighted by Gasteiger charge is -2.37. The van der Waals surface area contributed by atoms with E-state index in [0.717, 1.165) is 50.4 Å². The number of nitrogens with one attached hydrogen (secondary N) is 1. The predicted molar refractivity (Wildman–Crippen MR) is 98.6 cm³/mol. The molecule has 2 aromatic carbocycles. The highest BCUT2D eigenvalue weighted by atomic mass is 19.1. The van der Waals surface area contributed by atoms with Gasteiger partial charge in [0.2, 0.25) is 0 Å². The Kier molecular flexibility index (Phi) is 4.59. The molecule has 1 saturated heterocycles. The fraction of sp³-hybridized carbons (Fsp3) is 0.400. The molecule has 0 spiro atoms. The van der Waals surface area contributed by atoms with Crippen molar-refractivity contribution in [2.75, 3.05) is 49.5 Å². The summed E-state index contributed by atoms with van der Waals surface area (Å²) in [7, 11) is 0. The molecule has 1 unspecified atom stereocenters. The van der Waals surface area contributed by atoms with Crippen molar-refractivity contribution in [1.82, 2.24) is 4.90 Å². The van der Waals surface area contributed by atoms with Crippen LogP contribution in [0.4, 0.5) is 15.8 Å². The topological polar surface area (TPSA) is 38.7 Å². The Bertz CT molecular complexity index is 726. The highest BCUT2D eigenvalue weighted by Gasteiger charge is 2.21. The van der Waals surface area contributed by atoms with E-state index in [4.69, 9.17) is 0 Å². The molecule has 2 N–H and O–H groups in total. The monoisotopic (exact) mass is 341 g/mol. The Morgan fingerprint density at radius 1 is 1.04 bits per heavy atom. The van der Waals surface area contributed by atoms with Crippen molar-refractivity contribution >= 4 is 11.4 Å². The molecule has 0 radical (unpaired) electrons. The van der Waals surface area contributed by atoms with E-state index in [1.807, 2.05) is 18.2 Å². The maximum Gasteiger partial charge on any atom is 0.123 e. The van der Waals surface area contributed by atoms with Crippen molar-refractivity contribution in [3.8, 4) is 0 Å². The molecular weight excluding hydrogens is 317 g/mol. The molecule has 0 aliphatic carbocycles. The minimum absolute atomic E-state index is 0.199. The van der Waals surface area contributed by atoms with Gasteiger partial charge in [0.1, 0.15) is 5.82 Å². The van der Waals surface area contributed by atoms with Crippen LogP contribution in [0.15, 0.2) is 42.5 Å². The van der Waals surface area contributed by atoms with Gasteiger partial charge in [0, 0.05) is 50.6 Å². The Morgan fingerprint density at radius 2 is 1.80 bits per heavy atom. The van der Waals surface area contributed by atoms with Gasteiger partial charge in [-0.1, -0.05) is 12.1 Å². The van der Waals surface area contributed by atoms with Gasteiger partial charge in [-0.3, -0.25) is 4.90 Å². The first-order valence-corrected chi connectivity index (χ1v) is 8.97. The molecule has 1 fully saturated rings. The third-order valence-electron chi connectivity index (χ3n) is 5.22. The lowest BCUT2D eigenvalue weighted by atomic mass is 10.0. The second-order valence-corrected chi connectivity index (χ2v) is 6.87. The second-order valence-electron chi connectivity index (χ2n) is 6.87. The number of hydrogen-bond donors (Lipinski definition) is 2. The van der Waals surface area contributed by atoms with Gasteiger partial charge in [0.25, 0.3) is 0 Å². The van der Waals surface area contributed by atoms with Crippen LogP contribution >= 0.6 is 0 Å². The van der Waals surface area contributed by atoms with Gasteiger partial charge in [-0.15, -0.1) is 0 Å². The summed E-state index contributed by atoms with van der Waals surface area (Å²) in [6, 6.07) is 12.9. The second kappa shape index (κ2) is 7.02. The first-order chi connectivity index (χ1) is 12.2. The smallest absolute Gasteiger partial charge is 0.123 e. The predicted octanol–water partition coefficient (Wildman–Crippen LogP) is 2.65. The number of nitrogens with zero attached hydrogens (tertiary/aromatic N) is 2. The molecule has 0 aromatic heterocycles. The third kappa shape index (κ3) is 3.62. The number of hydrogen-bond acceptors (Lipinski definition) is 4. The van der Waals surface area contributed by atoms with E-state index in [1.54, 1.807) is 0 Å². The van der Waals surface area contributed by atoms with Crippen molar-refractivity contribution in [3.05, 3.63) is 59.4 Å². The van der Waals surface area contributed by atoms with E-state index < -0.39 is 6.10 Å². The molecule has 2 aliphatic rings. The van der Waals surface area contributed by atoms with E-state index in [2.05, 4.69) is 27.2 Å².